The quantitative estimate of drug-likeness (QED) is 0.731. The Morgan fingerprint density at radius 2 is 1.95 bits per heavy atom. The first-order valence-corrected chi connectivity index (χ1v) is 7.17. The lowest BCUT2D eigenvalue weighted by molar-refractivity contribution is 0.601. The maximum Gasteiger partial charge on any atom is 0.179 e. The summed E-state index contributed by atoms with van der Waals surface area (Å²) in [4.78, 5) is 7.83. The molecule has 102 valence electrons. The Labute approximate surface area is 123 Å². The number of hydrogen-bond acceptors (Lipinski definition) is 2. The van der Waals surface area contributed by atoms with Crippen LogP contribution in [0.4, 0.5) is 0 Å². The van der Waals surface area contributed by atoms with Crippen molar-refractivity contribution < 1.29 is 0 Å². The van der Waals surface area contributed by atoms with Gasteiger partial charge in [0.15, 0.2) is 10.4 Å². The van der Waals surface area contributed by atoms with E-state index in [1.54, 1.807) is 0 Å². The largest absolute Gasteiger partial charge is 0.329 e. The first-order chi connectivity index (χ1) is 9.65. The number of benzene rings is 1. The predicted octanol–water partition coefficient (Wildman–Crippen LogP) is 4.21. The molecule has 0 saturated carbocycles. The number of aromatic amines is 1. The molecule has 0 aliphatic rings. The monoisotopic (exact) mass is 283 g/mol. The molecule has 2 aromatic heterocycles. The summed E-state index contributed by atoms with van der Waals surface area (Å²) in [5.74, 6) is 0.393. The minimum Gasteiger partial charge on any atom is -0.329 e. The summed E-state index contributed by atoms with van der Waals surface area (Å²) in [5, 5.41) is 0. The molecule has 3 rings (SSSR count). The summed E-state index contributed by atoms with van der Waals surface area (Å²) in [6.45, 7) is 5.05. The molecule has 0 spiro atoms. The third kappa shape index (κ3) is 2.39. The Balaban J connectivity index is 2.00. The summed E-state index contributed by atoms with van der Waals surface area (Å²) in [5.41, 5.74) is 4.27. The lowest BCUT2D eigenvalue weighted by atomic mass is 10.0. The molecule has 20 heavy (non-hydrogen) atoms. The van der Waals surface area contributed by atoms with E-state index in [4.69, 9.17) is 12.2 Å². The average Bonchev–Trinajstić information content (AvgIpc) is 2.76. The third-order valence-corrected chi connectivity index (χ3v) is 3.90. The van der Waals surface area contributed by atoms with Crippen LogP contribution in [0.3, 0.4) is 0 Å². The molecule has 0 bridgehead atoms. The van der Waals surface area contributed by atoms with Gasteiger partial charge < -0.3 is 9.55 Å². The summed E-state index contributed by atoms with van der Waals surface area (Å²) in [7, 11) is 0. The van der Waals surface area contributed by atoms with Gasteiger partial charge in [0, 0.05) is 12.2 Å². The minimum atomic E-state index is 0.393. The summed E-state index contributed by atoms with van der Waals surface area (Å²) in [6, 6.07) is 14.5. The number of aromatic nitrogens is 3. The second-order valence-electron chi connectivity index (χ2n) is 5.18. The normalized spacial score (nSPS) is 12.7. The van der Waals surface area contributed by atoms with E-state index >= 15 is 0 Å². The molecular formula is C16H17N3S. The predicted molar refractivity (Wildman–Crippen MR) is 84.5 cm³/mol. The smallest absolute Gasteiger partial charge is 0.179 e. The van der Waals surface area contributed by atoms with E-state index in [2.05, 4.69) is 45.7 Å². The Bertz CT molecular complexity index is 786. The zero-order chi connectivity index (χ0) is 14.1. The van der Waals surface area contributed by atoms with Crippen LogP contribution >= 0.6 is 12.2 Å². The van der Waals surface area contributed by atoms with Crippen molar-refractivity contribution in [3.63, 3.8) is 0 Å². The molecule has 0 radical (unpaired) electrons. The van der Waals surface area contributed by atoms with Gasteiger partial charge in [-0.1, -0.05) is 37.3 Å². The van der Waals surface area contributed by atoms with Gasteiger partial charge in [-0.25, -0.2) is 4.98 Å². The van der Waals surface area contributed by atoms with E-state index in [1.165, 1.54) is 5.56 Å². The first kappa shape index (κ1) is 13.1. The van der Waals surface area contributed by atoms with E-state index in [-0.39, 0.29) is 0 Å². The Morgan fingerprint density at radius 1 is 1.20 bits per heavy atom. The highest BCUT2D eigenvalue weighted by atomic mass is 32.1. The molecule has 0 saturated heterocycles. The second kappa shape index (κ2) is 5.21. The first-order valence-electron chi connectivity index (χ1n) is 6.76. The molecule has 1 aromatic carbocycles. The van der Waals surface area contributed by atoms with E-state index in [1.807, 2.05) is 25.1 Å². The molecule has 3 nitrogen and oxygen atoms in total. The molecule has 3 aromatic rings. The maximum absolute atomic E-state index is 5.43. The lowest BCUT2D eigenvalue weighted by Gasteiger charge is -2.13. The standard InChI is InChI=1S/C16H17N3S/c1-11(13-6-4-3-5-7-13)10-19-15-14(18-16(19)20)9-8-12(2)17-15/h3-9,11H,10H2,1-2H3,(H,18,20). The van der Waals surface area contributed by atoms with Crippen molar-refractivity contribution in [3.8, 4) is 0 Å². The van der Waals surface area contributed by atoms with Crippen LogP contribution in [0.25, 0.3) is 11.2 Å². The lowest BCUT2D eigenvalue weighted by Crippen LogP contribution is -2.07. The average molecular weight is 283 g/mol. The second-order valence-corrected chi connectivity index (χ2v) is 5.56. The summed E-state index contributed by atoms with van der Waals surface area (Å²) in [6.07, 6.45) is 0. The zero-order valence-electron chi connectivity index (χ0n) is 11.6. The van der Waals surface area contributed by atoms with Crippen LogP contribution in [-0.2, 0) is 6.54 Å². The van der Waals surface area contributed by atoms with Crippen LogP contribution in [0.5, 0.6) is 0 Å². The van der Waals surface area contributed by atoms with Crippen LogP contribution in [-0.4, -0.2) is 14.5 Å². The highest BCUT2D eigenvalue weighted by Gasteiger charge is 2.11. The highest BCUT2D eigenvalue weighted by molar-refractivity contribution is 7.71. The van der Waals surface area contributed by atoms with Gasteiger partial charge >= 0.3 is 0 Å². The molecule has 0 aliphatic carbocycles. The van der Waals surface area contributed by atoms with Gasteiger partial charge in [-0.05, 0) is 42.8 Å². The number of nitrogens with zero attached hydrogens (tertiary/aromatic N) is 2. The van der Waals surface area contributed by atoms with Crippen LogP contribution in [0.1, 0.15) is 24.1 Å². The van der Waals surface area contributed by atoms with Crippen LogP contribution in [0, 0.1) is 11.7 Å². The number of aryl methyl sites for hydroxylation is 1. The van der Waals surface area contributed by atoms with E-state index in [0.717, 1.165) is 28.2 Å². The number of imidazole rings is 1. The topological polar surface area (TPSA) is 33.6 Å². The van der Waals surface area contributed by atoms with Gasteiger partial charge in [0.05, 0.1) is 5.52 Å². The van der Waals surface area contributed by atoms with E-state index < -0.39 is 0 Å². The van der Waals surface area contributed by atoms with E-state index in [9.17, 15) is 0 Å². The van der Waals surface area contributed by atoms with Crippen molar-refractivity contribution in [1.82, 2.24) is 14.5 Å². The van der Waals surface area contributed by atoms with Crippen LogP contribution in [0.15, 0.2) is 42.5 Å². The molecule has 0 fully saturated rings. The Kier molecular flexibility index (Phi) is 3.40. The number of pyridine rings is 1. The molecule has 1 unspecified atom stereocenters. The Morgan fingerprint density at radius 3 is 2.70 bits per heavy atom. The van der Waals surface area contributed by atoms with Gasteiger partial charge in [-0.3, -0.25) is 0 Å². The van der Waals surface area contributed by atoms with Crippen molar-refractivity contribution in [2.75, 3.05) is 0 Å². The van der Waals surface area contributed by atoms with Crippen molar-refractivity contribution in [2.45, 2.75) is 26.3 Å². The summed E-state index contributed by atoms with van der Waals surface area (Å²) >= 11 is 5.43. The number of hydrogen-bond donors (Lipinski definition) is 1. The van der Waals surface area contributed by atoms with Gasteiger partial charge in [-0.2, -0.15) is 0 Å². The molecule has 2 heterocycles. The molecule has 1 atom stereocenters. The fourth-order valence-corrected chi connectivity index (χ4v) is 2.73. The van der Waals surface area contributed by atoms with Crippen molar-refractivity contribution in [2.24, 2.45) is 0 Å². The fourth-order valence-electron chi connectivity index (χ4n) is 2.46. The van der Waals surface area contributed by atoms with Gasteiger partial charge in [-0.15, -0.1) is 0 Å². The van der Waals surface area contributed by atoms with Gasteiger partial charge in [0.1, 0.15) is 0 Å². The van der Waals surface area contributed by atoms with Crippen LogP contribution in [0.2, 0.25) is 0 Å². The SMILES string of the molecule is Cc1ccc2[nH]c(=S)n(CC(C)c3ccccc3)c2n1. The van der Waals surface area contributed by atoms with Crippen molar-refractivity contribution >= 4 is 23.4 Å². The molecule has 4 heteroatoms. The maximum atomic E-state index is 5.43. The van der Waals surface area contributed by atoms with Crippen molar-refractivity contribution in [3.05, 3.63) is 58.5 Å². The number of rotatable bonds is 3. The van der Waals surface area contributed by atoms with Gasteiger partial charge in [0.25, 0.3) is 0 Å². The zero-order valence-corrected chi connectivity index (χ0v) is 12.4. The molecule has 0 aliphatic heterocycles. The summed E-state index contributed by atoms with van der Waals surface area (Å²) < 4.78 is 2.83. The van der Waals surface area contributed by atoms with Gasteiger partial charge in [0.2, 0.25) is 0 Å². The number of fused-ring (bicyclic) bond motifs is 1. The third-order valence-electron chi connectivity index (χ3n) is 3.58. The Hall–Kier alpha value is -1.94. The van der Waals surface area contributed by atoms with E-state index in [0.29, 0.717) is 5.92 Å². The van der Waals surface area contributed by atoms with Crippen LogP contribution < -0.4 is 0 Å². The minimum absolute atomic E-state index is 0.393. The molecule has 0 amide bonds. The molecule has 1 N–H and O–H groups in total. The fraction of sp³-hybridized carbons (Fsp3) is 0.250. The number of nitrogens with one attached hydrogen (secondary N) is 1. The highest BCUT2D eigenvalue weighted by Crippen LogP contribution is 2.20. The van der Waals surface area contributed by atoms with Crippen molar-refractivity contribution in [1.29, 1.82) is 0 Å². The number of H-pyrrole nitrogens is 1. The molecular weight excluding hydrogens is 266 g/mol.